The molecule has 2 aromatic rings. The molecule has 1 fully saturated rings. The fourth-order valence-electron chi connectivity index (χ4n) is 3.21. The summed E-state index contributed by atoms with van der Waals surface area (Å²) in [7, 11) is 0. The van der Waals surface area contributed by atoms with Crippen molar-refractivity contribution in [1.82, 2.24) is 4.90 Å². The lowest BCUT2D eigenvalue weighted by atomic mass is 9.88. The summed E-state index contributed by atoms with van der Waals surface area (Å²) in [5.74, 6) is -0.513. The number of hydrogen-bond acceptors (Lipinski definition) is 1. The molecule has 0 spiro atoms. The van der Waals surface area contributed by atoms with Crippen LogP contribution in [0.1, 0.15) is 30.9 Å². The number of hydrogen-bond donors (Lipinski definition) is 0. The molecule has 0 radical (unpaired) electrons. The Morgan fingerprint density at radius 2 is 1.28 bits per heavy atom. The van der Waals surface area contributed by atoms with Crippen LogP contribution in [0.4, 0.5) is 8.78 Å². The molecule has 1 atom stereocenters. The molecule has 0 aliphatic carbocycles. The Morgan fingerprint density at radius 1 is 0.880 bits per heavy atom. The third-order valence-corrected chi connectivity index (χ3v) is 4.80. The van der Waals surface area contributed by atoms with Crippen molar-refractivity contribution in [2.75, 3.05) is 13.1 Å². The van der Waals surface area contributed by atoms with Crippen molar-refractivity contribution in [2.24, 2.45) is 0 Å². The minimum Gasteiger partial charge on any atom is -0.287 e. The van der Waals surface area contributed by atoms with Gasteiger partial charge in [0.1, 0.15) is 11.6 Å². The van der Waals surface area contributed by atoms with Gasteiger partial charge in [-0.3, -0.25) is 4.90 Å². The van der Waals surface area contributed by atoms with Crippen molar-refractivity contribution in [3.05, 3.63) is 76.9 Å². The first-order chi connectivity index (χ1) is 11.5. The van der Waals surface area contributed by atoms with E-state index in [4.69, 9.17) is 11.6 Å². The molecule has 0 bridgehead atoms. The molecule has 0 amide bonds. The molecule has 0 aromatic heterocycles. The summed E-state index contributed by atoms with van der Waals surface area (Å²) >= 11 is 6.18. The molecule has 1 aliphatic heterocycles. The molecule has 2 aromatic carbocycles. The second-order valence-electron chi connectivity index (χ2n) is 6.10. The van der Waals surface area contributed by atoms with Crippen molar-refractivity contribution >= 4 is 29.6 Å². The van der Waals surface area contributed by atoms with Gasteiger partial charge in [-0.25, -0.2) is 8.78 Å². The summed E-state index contributed by atoms with van der Waals surface area (Å²) in [5.41, 5.74) is 4.33. The second kappa shape index (κ2) is 8.79. The van der Waals surface area contributed by atoms with Crippen molar-refractivity contribution in [3.63, 3.8) is 0 Å². The molecule has 1 unspecified atom stereocenters. The third kappa shape index (κ3) is 4.81. The quantitative estimate of drug-likeness (QED) is 0.473. The van der Waals surface area contributed by atoms with Crippen molar-refractivity contribution in [3.8, 4) is 0 Å². The van der Waals surface area contributed by atoms with E-state index >= 15 is 0 Å². The Labute approximate surface area is 158 Å². The van der Waals surface area contributed by atoms with Crippen LogP contribution in [-0.4, -0.2) is 23.5 Å². The summed E-state index contributed by atoms with van der Waals surface area (Å²) < 4.78 is 26.6. The summed E-state index contributed by atoms with van der Waals surface area (Å²) in [5, 5.41) is 0. The smallest absolute Gasteiger partial charge is 0.123 e. The Morgan fingerprint density at radius 3 is 1.64 bits per heavy atom. The van der Waals surface area contributed by atoms with Gasteiger partial charge in [0.15, 0.2) is 0 Å². The molecule has 1 heterocycles. The summed E-state index contributed by atoms with van der Waals surface area (Å²) in [6.07, 6.45) is 1.81. The lowest BCUT2D eigenvalue weighted by molar-refractivity contribution is 0.246. The van der Waals surface area contributed by atoms with Gasteiger partial charge < -0.3 is 0 Å². The zero-order chi connectivity index (χ0) is 17.1. The number of alkyl halides is 1. The van der Waals surface area contributed by atoms with Gasteiger partial charge in [0, 0.05) is 13.1 Å². The number of piperidine rings is 1. The van der Waals surface area contributed by atoms with Crippen molar-refractivity contribution < 1.29 is 8.78 Å². The number of halogens is 4. The van der Waals surface area contributed by atoms with E-state index < -0.39 is 0 Å². The van der Waals surface area contributed by atoms with E-state index in [-0.39, 0.29) is 29.5 Å². The fraction of sp³-hybridized carbons (Fsp3) is 0.300. The molecule has 0 saturated carbocycles. The van der Waals surface area contributed by atoms with Crippen LogP contribution in [0.5, 0.6) is 0 Å². The maximum Gasteiger partial charge on any atom is 0.123 e. The highest BCUT2D eigenvalue weighted by atomic mass is 35.5. The van der Waals surface area contributed by atoms with Crippen LogP contribution in [0.2, 0.25) is 0 Å². The Bertz CT molecular complexity index is 667. The molecule has 1 saturated heterocycles. The normalized spacial score (nSPS) is 16.2. The standard InChI is InChI=1S/C20H20ClF2N.ClH/c1-14(21)24-12-10-17(11-13-24)20(15-2-6-18(22)7-3-15)16-4-8-19(23)9-5-16;/h2-9,14H,10-13H2,1H3;1H. The van der Waals surface area contributed by atoms with Crippen LogP contribution < -0.4 is 0 Å². The average Bonchev–Trinajstić information content (AvgIpc) is 2.59. The monoisotopic (exact) mass is 383 g/mol. The predicted octanol–water partition coefficient (Wildman–Crippen LogP) is 5.87. The van der Waals surface area contributed by atoms with Crippen LogP contribution in [0, 0.1) is 11.6 Å². The molecule has 0 N–H and O–H groups in total. The summed E-state index contributed by atoms with van der Waals surface area (Å²) in [6, 6.07) is 13.0. The van der Waals surface area contributed by atoms with Crippen LogP contribution in [0.15, 0.2) is 54.1 Å². The molecular formula is C20H21Cl2F2N. The maximum absolute atomic E-state index is 13.3. The minimum atomic E-state index is -0.256. The van der Waals surface area contributed by atoms with Gasteiger partial charge in [-0.15, -0.1) is 24.0 Å². The van der Waals surface area contributed by atoms with Gasteiger partial charge in [0.05, 0.1) is 5.50 Å². The summed E-state index contributed by atoms with van der Waals surface area (Å²) in [4.78, 5) is 2.23. The Balaban J connectivity index is 0.00000225. The maximum atomic E-state index is 13.3. The van der Waals surface area contributed by atoms with Crippen LogP contribution in [-0.2, 0) is 0 Å². The van der Waals surface area contributed by atoms with Gasteiger partial charge in [0.25, 0.3) is 0 Å². The van der Waals surface area contributed by atoms with Crippen LogP contribution in [0.25, 0.3) is 5.57 Å². The topological polar surface area (TPSA) is 3.24 Å². The minimum absolute atomic E-state index is 0. The van der Waals surface area contributed by atoms with E-state index in [1.807, 2.05) is 6.92 Å². The molecule has 1 aliphatic rings. The molecule has 25 heavy (non-hydrogen) atoms. The lowest BCUT2D eigenvalue weighted by Gasteiger charge is -2.31. The number of nitrogens with zero attached hydrogens (tertiary/aromatic N) is 1. The molecule has 134 valence electrons. The fourth-order valence-corrected chi connectivity index (χ4v) is 3.40. The van der Waals surface area contributed by atoms with E-state index in [0.29, 0.717) is 0 Å². The third-order valence-electron chi connectivity index (χ3n) is 4.52. The number of likely N-dealkylation sites (tertiary alicyclic amines) is 1. The Kier molecular flexibility index (Phi) is 7.00. The predicted molar refractivity (Wildman–Crippen MR) is 102 cm³/mol. The van der Waals surface area contributed by atoms with Crippen LogP contribution in [0.3, 0.4) is 0 Å². The van der Waals surface area contributed by atoms with E-state index in [0.717, 1.165) is 42.6 Å². The van der Waals surface area contributed by atoms with E-state index in [9.17, 15) is 8.78 Å². The van der Waals surface area contributed by atoms with Crippen molar-refractivity contribution in [1.29, 1.82) is 0 Å². The lowest BCUT2D eigenvalue weighted by Crippen LogP contribution is -2.35. The van der Waals surface area contributed by atoms with Gasteiger partial charge >= 0.3 is 0 Å². The second-order valence-corrected chi connectivity index (χ2v) is 6.73. The first kappa shape index (κ1) is 19.9. The van der Waals surface area contributed by atoms with E-state index in [1.165, 1.54) is 29.8 Å². The highest BCUT2D eigenvalue weighted by Crippen LogP contribution is 2.33. The number of rotatable bonds is 3. The highest BCUT2D eigenvalue weighted by Gasteiger charge is 2.21. The number of benzene rings is 2. The average molecular weight is 384 g/mol. The highest BCUT2D eigenvalue weighted by molar-refractivity contribution is 6.20. The van der Waals surface area contributed by atoms with Gasteiger partial charge in [-0.1, -0.05) is 29.8 Å². The Hall–Kier alpha value is -1.42. The molecule has 5 heteroatoms. The van der Waals surface area contributed by atoms with E-state index in [1.54, 1.807) is 24.3 Å². The van der Waals surface area contributed by atoms with Gasteiger partial charge in [-0.05, 0) is 60.7 Å². The van der Waals surface area contributed by atoms with Crippen molar-refractivity contribution in [2.45, 2.75) is 25.3 Å². The van der Waals surface area contributed by atoms with Gasteiger partial charge in [-0.2, -0.15) is 0 Å². The zero-order valence-electron chi connectivity index (χ0n) is 14.0. The molecule has 1 nitrogen and oxygen atoms in total. The molecular weight excluding hydrogens is 363 g/mol. The van der Waals surface area contributed by atoms with Gasteiger partial charge in [0.2, 0.25) is 0 Å². The first-order valence-corrected chi connectivity index (χ1v) is 8.60. The largest absolute Gasteiger partial charge is 0.287 e. The first-order valence-electron chi connectivity index (χ1n) is 8.16. The SMILES string of the molecule is CC(Cl)N1CCC(=C(c2ccc(F)cc2)c2ccc(F)cc2)CC1.Cl. The van der Waals surface area contributed by atoms with E-state index in [2.05, 4.69) is 4.90 Å². The zero-order valence-corrected chi connectivity index (χ0v) is 15.6. The summed E-state index contributed by atoms with van der Waals surface area (Å²) in [6.45, 7) is 3.77. The molecule has 3 rings (SSSR count). The van der Waals surface area contributed by atoms with Crippen LogP contribution >= 0.6 is 24.0 Å².